The van der Waals surface area contributed by atoms with Gasteiger partial charge in [-0.3, -0.25) is 9.59 Å². The molecule has 8 nitrogen and oxygen atoms in total. The van der Waals surface area contributed by atoms with E-state index in [1.165, 1.54) is 0 Å². The first-order valence-electron chi connectivity index (χ1n) is 13.7. The molecular formula is C31H40N4O4. The molecule has 8 heteroatoms. The van der Waals surface area contributed by atoms with Gasteiger partial charge in [0.2, 0.25) is 5.88 Å². The molecule has 2 heterocycles. The number of rotatable bonds is 10. The summed E-state index contributed by atoms with van der Waals surface area (Å²) in [6.07, 6.45) is 14.1. The van der Waals surface area contributed by atoms with Crippen molar-refractivity contribution >= 4 is 17.3 Å². The maximum absolute atomic E-state index is 13.5. The minimum atomic E-state index is -0.633. The lowest BCUT2D eigenvalue weighted by Crippen LogP contribution is -2.31. The first-order valence-corrected chi connectivity index (χ1v) is 13.7. The monoisotopic (exact) mass is 532 g/mol. The summed E-state index contributed by atoms with van der Waals surface area (Å²) in [4.78, 5) is 37.6. The number of terminal acetylenes is 1. The van der Waals surface area contributed by atoms with Gasteiger partial charge in [-0.05, 0) is 57.3 Å². The van der Waals surface area contributed by atoms with Crippen LogP contribution in [0.2, 0.25) is 0 Å². The normalized spacial score (nSPS) is 20.1. The molecule has 0 radical (unpaired) electrons. The average Bonchev–Trinajstić information content (AvgIpc) is 3.39. The second-order valence-corrected chi connectivity index (χ2v) is 10.1. The molecule has 39 heavy (non-hydrogen) atoms. The van der Waals surface area contributed by atoms with Gasteiger partial charge in [-0.15, -0.1) is 12.8 Å². The lowest BCUT2D eigenvalue weighted by molar-refractivity contribution is -0.132. The van der Waals surface area contributed by atoms with Crippen molar-refractivity contribution in [2.24, 2.45) is 11.7 Å². The summed E-state index contributed by atoms with van der Waals surface area (Å²) < 4.78 is 6.14. The van der Waals surface area contributed by atoms with E-state index in [0.717, 1.165) is 43.4 Å². The predicted molar refractivity (Wildman–Crippen MR) is 152 cm³/mol. The van der Waals surface area contributed by atoms with Crippen LogP contribution in [0.4, 0.5) is 0 Å². The quantitative estimate of drug-likeness (QED) is 0.266. The Bertz CT molecular complexity index is 1210. The van der Waals surface area contributed by atoms with Crippen molar-refractivity contribution in [1.29, 1.82) is 0 Å². The number of aromatic nitrogens is 2. The average molecular weight is 533 g/mol. The molecule has 1 saturated carbocycles. The van der Waals surface area contributed by atoms with E-state index < -0.39 is 5.92 Å². The zero-order valence-corrected chi connectivity index (χ0v) is 23.1. The van der Waals surface area contributed by atoms with Crippen molar-refractivity contribution in [2.75, 3.05) is 20.2 Å². The van der Waals surface area contributed by atoms with Crippen LogP contribution in [0.1, 0.15) is 69.7 Å². The third kappa shape index (κ3) is 7.53. The van der Waals surface area contributed by atoms with Crippen molar-refractivity contribution in [3.63, 3.8) is 0 Å². The van der Waals surface area contributed by atoms with Crippen LogP contribution in [0.3, 0.4) is 0 Å². The minimum absolute atomic E-state index is 0.00199. The highest BCUT2D eigenvalue weighted by atomic mass is 16.5. The molecule has 2 fully saturated rings. The summed E-state index contributed by atoms with van der Waals surface area (Å²) >= 11 is 0. The van der Waals surface area contributed by atoms with E-state index in [9.17, 15) is 14.7 Å². The van der Waals surface area contributed by atoms with Gasteiger partial charge in [0.15, 0.2) is 11.6 Å². The van der Waals surface area contributed by atoms with Gasteiger partial charge in [-0.2, -0.15) is 4.98 Å². The highest BCUT2D eigenvalue weighted by Gasteiger charge is 2.32. The highest BCUT2D eigenvalue weighted by Crippen LogP contribution is 2.30. The Hall–Kier alpha value is -3.54. The van der Waals surface area contributed by atoms with Crippen LogP contribution in [-0.2, 0) is 16.2 Å². The number of benzene rings is 1. The van der Waals surface area contributed by atoms with Crippen molar-refractivity contribution in [3.05, 3.63) is 47.3 Å². The second-order valence-electron chi connectivity index (χ2n) is 10.1. The lowest BCUT2D eigenvalue weighted by atomic mass is 9.81. The van der Waals surface area contributed by atoms with Crippen LogP contribution < -0.4 is 10.5 Å². The number of carbonyl (C=O) groups is 2. The molecule has 2 aromatic rings. The number of hydrogen-bond donors (Lipinski definition) is 2. The third-order valence-electron chi connectivity index (χ3n) is 7.44. The molecule has 1 saturated heterocycles. The Morgan fingerprint density at radius 1 is 1.18 bits per heavy atom. The molecule has 2 atom stereocenters. The molecule has 208 valence electrons. The zero-order valence-electron chi connectivity index (χ0n) is 23.1. The number of ketones is 2. The summed E-state index contributed by atoms with van der Waals surface area (Å²) in [5.74, 6) is -0.225. The molecule has 2 aliphatic rings. The molecule has 1 aliphatic heterocycles. The van der Waals surface area contributed by atoms with Crippen LogP contribution in [-0.4, -0.2) is 57.8 Å². The largest absolute Gasteiger partial charge is 0.476 e. The summed E-state index contributed by atoms with van der Waals surface area (Å²) in [6, 6.07) is 9.54. The van der Waals surface area contributed by atoms with Crippen molar-refractivity contribution in [3.8, 4) is 30.0 Å². The smallest absolute Gasteiger partial charge is 0.217 e. The lowest BCUT2D eigenvalue weighted by Gasteiger charge is -2.22. The van der Waals surface area contributed by atoms with Gasteiger partial charge in [0.1, 0.15) is 12.4 Å². The van der Waals surface area contributed by atoms with Crippen LogP contribution >= 0.6 is 0 Å². The fraction of sp³-hybridized carbons (Fsp3) is 0.484. The van der Waals surface area contributed by atoms with Crippen molar-refractivity contribution in [2.45, 2.75) is 70.9 Å². The van der Waals surface area contributed by atoms with Gasteiger partial charge in [-0.1, -0.05) is 38.0 Å². The number of allylic oxidation sites excluding steroid dienone is 1. The van der Waals surface area contributed by atoms with E-state index in [0.29, 0.717) is 55.5 Å². The van der Waals surface area contributed by atoms with Crippen LogP contribution in [0.5, 0.6) is 5.88 Å². The predicted octanol–water partition coefficient (Wildman–Crippen LogP) is 4.16. The number of likely N-dealkylation sites (N-methyl/N-ethyl adjacent to an activating group) is 1. The van der Waals surface area contributed by atoms with E-state index in [1.807, 2.05) is 31.2 Å². The zero-order chi connectivity index (χ0) is 28.4. The van der Waals surface area contributed by atoms with Gasteiger partial charge in [0.25, 0.3) is 0 Å². The van der Waals surface area contributed by atoms with Gasteiger partial charge in [0, 0.05) is 29.7 Å². The number of carbonyl (C=O) groups excluding carboxylic acids is 2. The van der Waals surface area contributed by atoms with E-state index >= 15 is 0 Å². The van der Waals surface area contributed by atoms with Crippen molar-refractivity contribution < 1.29 is 19.4 Å². The number of aliphatic hydroxyl groups is 1. The standard InChI is InChI=1S/C29H38N4O4.C2H2/c1-3-8-23(28(36)22-12-4-5-13-25(22)35)27(30)29-31-24(20-10-6-9-19(15-20)17-34)16-26(32-29)37-18-21-11-7-14-33(21)2;1-2/h6,9-10,15-16,21-22,34H,3-5,7-8,11-14,17-18,30H2,1-2H3;1-2H/b27-23-;/t21-,22-;/m0./s1. The molecule has 1 aromatic heterocycles. The molecule has 0 spiro atoms. The highest BCUT2D eigenvalue weighted by molar-refractivity contribution is 6.13. The van der Waals surface area contributed by atoms with Crippen LogP contribution in [0.15, 0.2) is 35.9 Å². The second kappa shape index (κ2) is 14.6. The van der Waals surface area contributed by atoms with Gasteiger partial charge >= 0.3 is 0 Å². The first kappa shape index (κ1) is 30.0. The number of aliphatic hydroxyl groups excluding tert-OH is 1. The summed E-state index contributed by atoms with van der Waals surface area (Å²) in [5.41, 5.74) is 9.37. The Morgan fingerprint density at radius 2 is 1.97 bits per heavy atom. The van der Waals surface area contributed by atoms with E-state index in [1.54, 1.807) is 6.07 Å². The topological polar surface area (TPSA) is 119 Å². The maximum Gasteiger partial charge on any atom is 0.217 e. The molecule has 4 rings (SSSR count). The number of likely N-dealkylation sites (tertiary alicyclic amines) is 1. The Balaban J connectivity index is 0.00000205. The summed E-state index contributed by atoms with van der Waals surface area (Å²) in [7, 11) is 2.09. The van der Waals surface area contributed by atoms with Gasteiger partial charge in [0.05, 0.1) is 23.9 Å². The molecule has 1 aliphatic carbocycles. The van der Waals surface area contributed by atoms with Gasteiger partial charge in [-0.25, -0.2) is 4.98 Å². The van der Waals surface area contributed by atoms with Crippen LogP contribution in [0, 0.1) is 18.8 Å². The van der Waals surface area contributed by atoms with E-state index in [-0.39, 0.29) is 29.7 Å². The molecule has 0 amide bonds. The fourth-order valence-electron chi connectivity index (χ4n) is 5.21. The van der Waals surface area contributed by atoms with Crippen LogP contribution in [0.25, 0.3) is 17.0 Å². The number of ether oxygens (including phenoxy) is 1. The Morgan fingerprint density at radius 3 is 2.64 bits per heavy atom. The van der Waals surface area contributed by atoms with E-state index in [4.69, 9.17) is 15.5 Å². The number of hydrogen-bond acceptors (Lipinski definition) is 8. The Labute approximate surface area is 231 Å². The van der Waals surface area contributed by atoms with E-state index in [2.05, 4.69) is 29.8 Å². The fourth-order valence-corrected chi connectivity index (χ4v) is 5.21. The molecule has 1 aromatic carbocycles. The number of nitrogens with zero attached hydrogens (tertiary/aromatic N) is 3. The molecule has 0 unspecified atom stereocenters. The minimum Gasteiger partial charge on any atom is -0.476 e. The molecule has 0 bridgehead atoms. The first-order chi connectivity index (χ1) is 18.9. The number of Topliss-reactive ketones (excluding diaryl/α,β-unsaturated/α-hetero) is 2. The molecule has 3 N–H and O–H groups in total. The van der Waals surface area contributed by atoms with Crippen molar-refractivity contribution in [1.82, 2.24) is 14.9 Å². The number of nitrogens with two attached hydrogens (primary N) is 1. The SMILES string of the molecule is C#C.CCC/C(C(=O)[C@H]1CCCCC1=O)=C(/N)c1nc(OC[C@@H]2CCCN2C)cc(-c2cccc(CO)c2)n1. The molecular weight excluding hydrogens is 492 g/mol. The maximum atomic E-state index is 13.5. The Kier molecular flexibility index (Phi) is 11.2. The third-order valence-corrected chi connectivity index (χ3v) is 7.44. The summed E-state index contributed by atoms with van der Waals surface area (Å²) in [6.45, 7) is 3.42. The van der Waals surface area contributed by atoms with Gasteiger partial charge < -0.3 is 20.5 Å². The summed E-state index contributed by atoms with van der Waals surface area (Å²) in [5, 5.41) is 9.62.